The highest BCUT2D eigenvalue weighted by molar-refractivity contribution is 5.75. The Bertz CT molecular complexity index is 890. The standard InChI is InChI=1S/C29H47N5O2/c1-4-6-7-8-9-10-11-12-13-14-15-16-17-18-22-30-28-27(34(35)36)29(32-24-31-28)33(5-2)26-21-19-20-25(3)23-26/h19-21,23-24H,4-18,22H2,1-3H3,(H,30,31,32). The summed E-state index contributed by atoms with van der Waals surface area (Å²) in [7, 11) is 0. The molecule has 2 rings (SSSR count). The fourth-order valence-electron chi connectivity index (χ4n) is 4.64. The van der Waals surface area contributed by atoms with E-state index in [4.69, 9.17) is 0 Å². The summed E-state index contributed by atoms with van der Waals surface area (Å²) in [6, 6.07) is 7.92. The number of nitrogens with zero attached hydrogens (tertiary/aromatic N) is 4. The fraction of sp³-hybridized carbons (Fsp3) is 0.655. The molecular weight excluding hydrogens is 450 g/mol. The van der Waals surface area contributed by atoms with Gasteiger partial charge in [-0.3, -0.25) is 10.1 Å². The zero-order valence-electron chi connectivity index (χ0n) is 22.8. The third-order valence-corrected chi connectivity index (χ3v) is 6.69. The van der Waals surface area contributed by atoms with Gasteiger partial charge in [-0.2, -0.15) is 0 Å². The van der Waals surface area contributed by atoms with Crippen LogP contribution in [0.25, 0.3) is 0 Å². The fourth-order valence-corrected chi connectivity index (χ4v) is 4.64. The Morgan fingerprint density at radius 1 is 0.861 bits per heavy atom. The molecule has 1 heterocycles. The number of hydrogen-bond acceptors (Lipinski definition) is 6. The van der Waals surface area contributed by atoms with Crippen LogP contribution in [0.5, 0.6) is 0 Å². The molecule has 1 N–H and O–H groups in total. The van der Waals surface area contributed by atoms with Gasteiger partial charge in [-0.05, 0) is 38.0 Å². The molecule has 0 saturated heterocycles. The van der Waals surface area contributed by atoms with E-state index in [2.05, 4.69) is 22.2 Å². The minimum absolute atomic E-state index is 0.0637. The summed E-state index contributed by atoms with van der Waals surface area (Å²) in [4.78, 5) is 22.0. The average molecular weight is 498 g/mol. The molecule has 36 heavy (non-hydrogen) atoms. The number of anilines is 3. The van der Waals surface area contributed by atoms with Gasteiger partial charge in [-0.15, -0.1) is 0 Å². The highest BCUT2D eigenvalue weighted by Crippen LogP contribution is 2.35. The van der Waals surface area contributed by atoms with Crippen LogP contribution >= 0.6 is 0 Å². The molecule has 7 heteroatoms. The summed E-state index contributed by atoms with van der Waals surface area (Å²) in [6.07, 6.45) is 19.7. The lowest BCUT2D eigenvalue weighted by atomic mass is 10.0. The normalized spacial score (nSPS) is 11.0. The Kier molecular flexibility index (Phi) is 14.5. The summed E-state index contributed by atoms with van der Waals surface area (Å²) in [5.41, 5.74) is 1.92. The second kappa shape index (κ2) is 17.7. The molecule has 0 saturated carbocycles. The van der Waals surface area contributed by atoms with Crippen molar-refractivity contribution in [1.29, 1.82) is 0 Å². The molecule has 0 aliphatic heterocycles. The van der Waals surface area contributed by atoms with E-state index in [0.29, 0.717) is 24.7 Å². The highest BCUT2D eigenvalue weighted by Gasteiger charge is 2.27. The second-order valence-electron chi connectivity index (χ2n) is 9.76. The van der Waals surface area contributed by atoms with Gasteiger partial charge in [0.1, 0.15) is 6.33 Å². The van der Waals surface area contributed by atoms with Crippen LogP contribution in [0.2, 0.25) is 0 Å². The first-order chi connectivity index (χ1) is 17.6. The number of aromatic nitrogens is 2. The Labute approximate surface area is 218 Å². The van der Waals surface area contributed by atoms with E-state index in [0.717, 1.165) is 24.1 Å². The first kappa shape index (κ1) is 29.5. The molecule has 0 radical (unpaired) electrons. The summed E-state index contributed by atoms with van der Waals surface area (Å²) in [6.45, 7) is 7.49. The molecule has 1 aromatic carbocycles. The second-order valence-corrected chi connectivity index (χ2v) is 9.76. The molecule has 0 aliphatic carbocycles. The van der Waals surface area contributed by atoms with Crippen molar-refractivity contribution in [2.45, 2.75) is 111 Å². The maximum Gasteiger partial charge on any atom is 0.353 e. The van der Waals surface area contributed by atoms with Crippen LogP contribution in [0.3, 0.4) is 0 Å². The smallest absolute Gasteiger partial charge is 0.353 e. The number of benzene rings is 1. The lowest BCUT2D eigenvalue weighted by Crippen LogP contribution is -2.20. The van der Waals surface area contributed by atoms with Gasteiger partial charge in [0.05, 0.1) is 4.92 Å². The Morgan fingerprint density at radius 3 is 1.97 bits per heavy atom. The molecule has 7 nitrogen and oxygen atoms in total. The van der Waals surface area contributed by atoms with E-state index in [-0.39, 0.29) is 10.6 Å². The Morgan fingerprint density at radius 2 is 1.44 bits per heavy atom. The van der Waals surface area contributed by atoms with Crippen molar-refractivity contribution < 1.29 is 4.92 Å². The van der Waals surface area contributed by atoms with Crippen LogP contribution < -0.4 is 10.2 Å². The number of nitrogens with one attached hydrogen (secondary N) is 1. The van der Waals surface area contributed by atoms with Crippen molar-refractivity contribution in [2.75, 3.05) is 23.3 Å². The molecule has 0 fully saturated rings. The van der Waals surface area contributed by atoms with Crippen LogP contribution in [-0.2, 0) is 0 Å². The predicted molar refractivity (Wildman–Crippen MR) is 151 cm³/mol. The molecule has 2 aromatic rings. The highest BCUT2D eigenvalue weighted by atomic mass is 16.6. The van der Waals surface area contributed by atoms with E-state index >= 15 is 0 Å². The van der Waals surface area contributed by atoms with Gasteiger partial charge in [0.15, 0.2) is 0 Å². The van der Waals surface area contributed by atoms with Crippen LogP contribution in [-0.4, -0.2) is 28.0 Å². The lowest BCUT2D eigenvalue weighted by molar-refractivity contribution is -0.383. The number of unbranched alkanes of at least 4 members (excludes halogenated alkanes) is 13. The Balaban J connectivity index is 1.72. The summed E-state index contributed by atoms with van der Waals surface area (Å²) >= 11 is 0. The van der Waals surface area contributed by atoms with E-state index in [1.807, 2.05) is 43.0 Å². The number of hydrogen-bond donors (Lipinski definition) is 1. The predicted octanol–water partition coefficient (Wildman–Crippen LogP) is 8.74. The van der Waals surface area contributed by atoms with Crippen molar-refractivity contribution in [2.24, 2.45) is 0 Å². The average Bonchev–Trinajstić information content (AvgIpc) is 2.87. The first-order valence-electron chi connectivity index (χ1n) is 14.2. The van der Waals surface area contributed by atoms with E-state index in [1.165, 1.54) is 83.4 Å². The minimum Gasteiger partial charge on any atom is -0.364 e. The third-order valence-electron chi connectivity index (χ3n) is 6.69. The maximum absolute atomic E-state index is 12.0. The Hall–Kier alpha value is -2.70. The van der Waals surface area contributed by atoms with E-state index in [9.17, 15) is 10.1 Å². The zero-order valence-corrected chi connectivity index (χ0v) is 22.8. The maximum atomic E-state index is 12.0. The number of aryl methyl sites for hydroxylation is 1. The third kappa shape index (κ3) is 10.5. The summed E-state index contributed by atoms with van der Waals surface area (Å²) < 4.78 is 0. The van der Waals surface area contributed by atoms with Crippen molar-refractivity contribution in [3.8, 4) is 0 Å². The molecule has 0 atom stereocenters. The van der Waals surface area contributed by atoms with Gasteiger partial charge < -0.3 is 10.2 Å². The topological polar surface area (TPSA) is 84.2 Å². The van der Waals surface area contributed by atoms with Crippen LogP contribution in [0, 0.1) is 17.0 Å². The quantitative estimate of drug-likeness (QED) is 0.112. The molecule has 0 unspecified atom stereocenters. The number of nitro groups is 1. The van der Waals surface area contributed by atoms with Gasteiger partial charge in [0, 0.05) is 18.8 Å². The van der Waals surface area contributed by atoms with Crippen molar-refractivity contribution in [1.82, 2.24) is 9.97 Å². The van der Waals surface area contributed by atoms with Gasteiger partial charge in [-0.25, -0.2) is 9.97 Å². The molecule has 200 valence electrons. The SMILES string of the molecule is CCCCCCCCCCCCCCCCNc1ncnc(N(CC)c2cccc(C)c2)c1[N+](=O)[O-]. The van der Waals surface area contributed by atoms with Crippen molar-refractivity contribution in [3.63, 3.8) is 0 Å². The zero-order chi connectivity index (χ0) is 26.0. The van der Waals surface area contributed by atoms with Crippen LogP contribution in [0.15, 0.2) is 30.6 Å². The van der Waals surface area contributed by atoms with E-state index < -0.39 is 0 Å². The van der Waals surface area contributed by atoms with Crippen LogP contribution in [0.4, 0.5) is 23.0 Å². The lowest BCUT2D eigenvalue weighted by Gasteiger charge is -2.22. The summed E-state index contributed by atoms with van der Waals surface area (Å²) in [5.74, 6) is 0.623. The first-order valence-corrected chi connectivity index (χ1v) is 14.2. The summed E-state index contributed by atoms with van der Waals surface area (Å²) in [5, 5.41) is 15.2. The molecule has 0 aliphatic rings. The molecule has 1 aromatic heterocycles. The van der Waals surface area contributed by atoms with Gasteiger partial charge >= 0.3 is 5.69 Å². The number of rotatable bonds is 20. The molecule has 0 amide bonds. The van der Waals surface area contributed by atoms with Gasteiger partial charge in [0.25, 0.3) is 0 Å². The largest absolute Gasteiger partial charge is 0.364 e. The molecule has 0 spiro atoms. The van der Waals surface area contributed by atoms with Crippen molar-refractivity contribution in [3.05, 3.63) is 46.3 Å². The molecule has 0 bridgehead atoms. The molecular formula is C29H47N5O2. The van der Waals surface area contributed by atoms with Gasteiger partial charge in [-0.1, -0.05) is 103 Å². The van der Waals surface area contributed by atoms with Gasteiger partial charge in [0.2, 0.25) is 11.6 Å². The minimum atomic E-state index is -0.374. The monoisotopic (exact) mass is 497 g/mol. The van der Waals surface area contributed by atoms with Crippen LogP contribution in [0.1, 0.15) is 109 Å². The van der Waals surface area contributed by atoms with Crippen molar-refractivity contribution >= 4 is 23.0 Å². The van der Waals surface area contributed by atoms with E-state index in [1.54, 1.807) is 0 Å².